The van der Waals surface area contributed by atoms with Gasteiger partial charge in [-0.15, -0.1) is 11.3 Å². The molecule has 1 saturated heterocycles. The van der Waals surface area contributed by atoms with Gasteiger partial charge in [-0.1, -0.05) is 0 Å². The van der Waals surface area contributed by atoms with E-state index in [2.05, 4.69) is 34.6 Å². The van der Waals surface area contributed by atoms with Crippen LogP contribution in [0.1, 0.15) is 30.8 Å². The molecule has 0 spiro atoms. The molecule has 1 aromatic heterocycles. The highest BCUT2D eigenvalue weighted by Gasteiger charge is 2.24. The van der Waals surface area contributed by atoms with E-state index in [1.807, 2.05) is 6.20 Å². The van der Waals surface area contributed by atoms with Crippen LogP contribution in [0.3, 0.4) is 0 Å². The van der Waals surface area contributed by atoms with Crippen molar-refractivity contribution in [1.29, 1.82) is 0 Å². The van der Waals surface area contributed by atoms with E-state index in [1.165, 1.54) is 24.4 Å². The van der Waals surface area contributed by atoms with Gasteiger partial charge in [-0.25, -0.2) is 4.98 Å². The molecule has 2 rings (SSSR count). The van der Waals surface area contributed by atoms with E-state index in [4.69, 9.17) is 0 Å². The number of likely N-dealkylation sites (tertiary alicyclic amines) is 1. The highest BCUT2D eigenvalue weighted by molar-refractivity contribution is 7.09. The highest BCUT2D eigenvalue weighted by Crippen LogP contribution is 2.25. The molecule has 0 bridgehead atoms. The largest absolute Gasteiger partial charge is 0.316 e. The minimum atomic E-state index is 0.473. The van der Waals surface area contributed by atoms with Crippen molar-refractivity contribution in [3.05, 3.63) is 16.6 Å². The van der Waals surface area contributed by atoms with E-state index in [9.17, 15) is 0 Å². The highest BCUT2D eigenvalue weighted by atomic mass is 32.1. The Hall–Kier alpha value is -0.450. The van der Waals surface area contributed by atoms with E-state index in [-0.39, 0.29) is 0 Å². The minimum Gasteiger partial charge on any atom is -0.316 e. The average molecular weight is 225 g/mol. The number of rotatable bonds is 3. The second-order valence-electron chi connectivity index (χ2n) is 4.17. The fourth-order valence-corrected chi connectivity index (χ4v) is 2.92. The third-order valence-corrected chi connectivity index (χ3v) is 4.16. The summed E-state index contributed by atoms with van der Waals surface area (Å²) < 4.78 is 0. The lowest BCUT2D eigenvalue weighted by molar-refractivity contribution is 0.149. The second-order valence-corrected chi connectivity index (χ2v) is 5.10. The zero-order valence-corrected chi connectivity index (χ0v) is 10.3. The molecule has 0 aliphatic carbocycles. The van der Waals surface area contributed by atoms with Crippen molar-refractivity contribution in [2.24, 2.45) is 0 Å². The maximum Gasteiger partial charge on any atom is 0.109 e. The van der Waals surface area contributed by atoms with Gasteiger partial charge in [0, 0.05) is 24.2 Å². The van der Waals surface area contributed by atoms with Crippen molar-refractivity contribution >= 4 is 11.3 Å². The van der Waals surface area contributed by atoms with Crippen LogP contribution in [0.4, 0.5) is 0 Å². The number of nitrogens with one attached hydrogen (secondary N) is 1. The third kappa shape index (κ3) is 2.56. The lowest BCUT2D eigenvalue weighted by atomic mass is 10.0. The number of hydrogen-bond donors (Lipinski definition) is 1. The van der Waals surface area contributed by atoms with Crippen LogP contribution < -0.4 is 5.32 Å². The quantitative estimate of drug-likeness (QED) is 0.851. The Morgan fingerprint density at radius 2 is 2.53 bits per heavy atom. The van der Waals surface area contributed by atoms with E-state index >= 15 is 0 Å². The monoisotopic (exact) mass is 225 g/mol. The predicted octanol–water partition coefficient (Wildman–Crippen LogP) is 1.89. The summed E-state index contributed by atoms with van der Waals surface area (Å²) in [5.74, 6) is 0. The smallest absolute Gasteiger partial charge is 0.109 e. The number of likely N-dealkylation sites (N-methyl/N-ethyl adjacent to an activating group) is 1. The van der Waals surface area contributed by atoms with Crippen LogP contribution in [0.5, 0.6) is 0 Å². The van der Waals surface area contributed by atoms with E-state index in [0.717, 1.165) is 6.54 Å². The summed E-state index contributed by atoms with van der Waals surface area (Å²) in [6.07, 6.45) is 4.49. The molecule has 1 aromatic rings. The van der Waals surface area contributed by atoms with Gasteiger partial charge < -0.3 is 5.32 Å². The molecular weight excluding hydrogens is 206 g/mol. The third-order valence-electron chi connectivity index (χ3n) is 3.22. The molecule has 3 nitrogen and oxygen atoms in total. The lowest BCUT2D eigenvalue weighted by Gasteiger charge is -2.35. The minimum absolute atomic E-state index is 0.473. The van der Waals surface area contributed by atoms with Gasteiger partial charge in [-0.2, -0.15) is 0 Å². The lowest BCUT2D eigenvalue weighted by Crippen LogP contribution is -2.45. The molecule has 0 unspecified atom stereocenters. The predicted molar refractivity (Wildman–Crippen MR) is 64.2 cm³/mol. The first-order valence-corrected chi connectivity index (χ1v) is 6.50. The van der Waals surface area contributed by atoms with Crippen LogP contribution in [0, 0.1) is 0 Å². The van der Waals surface area contributed by atoms with Crippen LogP contribution in [-0.4, -0.2) is 36.1 Å². The van der Waals surface area contributed by atoms with Gasteiger partial charge in [0.1, 0.15) is 5.01 Å². The average Bonchev–Trinajstić information content (AvgIpc) is 2.81. The topological polar surface area (TPSA) is 28.2 Å². The summed E-state index contributed by atoms with van der Waals surface area (Å²) in [5.41, 5.74) is 0. The van der Waals surface area contributed by atoms with Crippen molar-refractivity contribution in [1.82, 2.24) is 15.2 Å². The fraction of sp³-hybridized carbons (Fsp3) is 0.727. The van der Waals surface area contributed by atoms with Gasteiger partial charge in [0.25, 0.3) is 0 Å². The van der Waals surface area contributed by atoms with Crippen molar-refractivity contribution in [3.63, 3.8) is 0 Å². The molecule has 0 amide bonds. The zero-order chi connectivity index (χ0) is 10.7. The summed E-state index contributed by atoms with van der Waals surface area (Å²) in [6.45, 7) is 4.62. The standard InChI is InChI=1S/C11H19N3S/c1-9(11-13-5-7-15-11)14-6-3-4-10(8-14)12-2/h5,7,9-10,12H,3-4,6,8H2,1-2H3/t9-,10-/m0/s1. The molecule has 84 valence electrons. The molecule has 0 radical (unpaired) electrons. The molecule has 1 aliphatic heterocycles. The summed E-state index contributed by atoms with van der Waals surface area (Å²) >= 11 is 1.76. The molecule has 4 heteroatoms. The molecule has 2 heterocycles. The van der Waals surface area contributed by atoms with Gasteiger partial charge >= 0.3 is 0 Å². The van der Waals surface area contributed by atoms with Gasteiger partial charge in [-0.05, 0) is 33.4 Å². The van der Waals surface area contributed by atoms with E-state index in [0.29, 0.717) is 12.1 Å². The number of hydrogen-bond acceptors (Lipinski definition) is 4. The van der Waals surface area contributed by atoms with E-state index in [1.54, 1.807) is 11.3 Å². The number of nitrogens with zero attached hydrogens (tertiary/aromatic N) is 2. The molecule has 1 aliphatic rings. The first-order chi connectivity index (χ1) is 7.31. The van der Waals surface area contributed by atoms with Gasteiger partial charge in [-0.3, -0.25) is 4.90 Å². The molecular formula is C11H19N3S. The van der Waals surface area contributed by atoms with Gasteiger partial charge in [0.2, 0.25) is 0 Å². The Bertz CT molecular complexity index is 286. The first-order valence-electron chi connectivity index (χ1n) is 5.62. The second kappa shape index (κ2) is 5.05. The van der Waals surface area contributed by atoms with Crippen molar-refractivity contribution in [3.8, 4) is 0 Å². The Labute approximate surface area is 95.5 Å². The van der Waals surface area contributed by atoms with Crippen molar-refractivity contribution in [2.75, 3.05) is 20.1 Å². The summed E-state index contributed by atoms with van der Waals surface area (Å²) in [7, 11) is 2.06. The normalized spacial score (nSPS) is 25.3. The Kier molecular flexibility index (Phi) is 3.72. The number of piperidine rings is 1. The summed E-state index contributed by atoms with van der Waals surface area (Å²) in [4.78, 5) is 6.93. The molecule has 15 heavy (non-hydrogen) atoms. The Morgan fingerprint density at radius 1 is 1.67 bits per heavy atom. The van der Waals surface area contributed by atoms with Crippen LogP contribution in [0.2, 0.25) is 0 Å². The summed E-state index contributed by atoms with van der Waals surface area (Å²) in [6, 6.07) is 1.13. The Balaban J connectivity index is 1.98. The molecule has 0 aromatic carbocycles. The van der Waals surface area contributed by atoms with Gasteiger partial charge in [0.05, 0.1) is 6.04 Å². The maximum atomic E-state index is 4.40. The summed E-state index contributed by atoms with van der Waals surface area (Å²) in [5, 5.41) is 6.68. The van der Waals surface area contributed by atoms with Gasteiger partial charge in [0.15, 0.2) is 0 Å². The van der Waals surface area contributed by atoms with Crippen LogP contribution in [0.25, 0.3) is 0 Å². The number of thiazole rings is 1. The molecule has 2 atom stereocenters. The zero-order valence-electron chi connectivity index (χ0n) is 9.44. The van der Waals surface area contributed by atoms with Crippen molar-refractivity contribution in [2.45, 2.75) is 31.8 Å². The van der Waals surface area contributed by atoms with Crippen LogP contribution in [-0.2, 0) is 0 Å². The number of aromatic nitrogens is 1. The van der Waals surface area contributed by atoms with E-state index < -0.39 is 0 Å². The van der Waals surface area contributed by atoms with Crippen LogP contribution >= 0.6 is 11.3 Å². The molecule has 0 saturated carbocycles. The first kappa shape index (κ1) is 11.0. The van der Waals surface area contributed by atoms with Crippen LogP contribution in [0.15, 0.2) is 11.6 Å². The fourth-order valence-electron chi connectivity index (χ4n) is 2.19. The molecule has 1 fully saturated rings. The molecule has 1 N–H and O–H groups in total. The SMILES string of the molecule is CN[C@H]1CCCN([C@@H](C)c2nccs2)C1. The maximum absolute atomic E-state index is 4.40. The van der Waals surface area contributed by atoms with Crippen molar-refractivity contribution < 1.29 is 0 Å². The Morgan fingerprint density at radius 3 is 3.20 bits per heavy atom.